The lowest BCUT2D eigenvalue weighted by Crippen LogP contribution is -2.40. The van der Waals surface area contributed by atoms with Crippen molar-refractivity contribution in [2.75, 3.05) is 0 Å². The summed E-state index contributed by atoms with van der Waals surface area (Å²) in [7, 11) is -3.76. The first-order chi connectivity index (χ1) is 8.88. The normalized spacial score (nSPS) is 28.3. The lowest BCUT2D eigenvalue weighted by atomic mass is 9.81. The summed E-state index contributed by atoms with van der Waals surface area (Å²) in [6.07, 6.45) is 2.76. The van der Waals surface area contributed by atoms with Gasteiger partial charge in [0, 0.05) is 6.04 Å². The van der Waals surface area contributed by atoms with E-state index in [1.165, 1.54) is 24.3 Å². The molecule has 1 N–H and O–H groups in total. The van der Waals surface area contributed by atoms with Crippen molar-refractivity contribution < 1.29 is 12.8 Å². The van der Waals surface area contributed by atoms with Gasteiger partial charge in [-0.05, 0) is 43.2 Å². The lowest BCUT2D eigenvalue weighted by molar-refractivity contribution is 0.257. The van der Waals surface area contributed by atoms with Gasteiger partial charge in [0.1, 0.15) is 10.7 Å². The third-order valence-electron chi connectivity index (χ3n) is 3.63. The number of hydrogen-bond donors (Lipinski definition) is 1. The van der Waals surface area contributed by atoms with Crippen LogP contribution in [0.3, 0.4) is 0 Å². The van der Waals surface area contributed by atoms with E-state index in [-0.39, 0.29) is 10.9 Å². The molecule has 5 heteroatoms. The van der Waals surface area contributed by atoms with E-state index in [1.54, 1.807) is 0 Å². The highest BCUT2D eigenvalue weighted by molar-refractivity contribution is 7.89. The molecule has 0 aliphatic heterocycles. The molecule has 1 fully saturated rings. The number of nitrogens with one attached hydrogen (secondary N) is 1. The molecular formula is C14H20FNO2S. The van der Waals surface area contributed by atoms with Crippen molar-refractivity contribution in [3.63, 3.8) is 0 Å². The highest BCUT2D eigenvalue weighted by atomic mass is 32.2. The molecule has 0 radical (unpaired) electrons. The fraction of sp³-hybridized carbons (Fsp3) is 0.571. The maximum Gasteiger partial charge on any atom is 0.243 e. The van der Waals surface area contributed by atoms with Gasteiger partial charge in [-0.15, -0.1) is 0 Å². The minimum atomic E-state index is -3.76. The molecule has 1 aromatic carbocycles. The van der Waals surface area contributed by atoms with Crippen LogP contribution < -0.4 is 4.72 Å². The number of hydrogen-bond acceptors (Lipinski definition) is 2. The predicted molar refractivity (Wildman–Crippen MR) is 72.7 cm³/mol. The van der Waals surface area contributed by atoms with Gasteiger partial charge in [-0.25, -0.2) is 17.5 Å². The molecule has 1 aliphatic rings. The molecule has 1 aromatic rings. The van der Waals surface area contributed by atoms with Gasteiger partial charge in [0.2, 0.25) is 10.0 Å². The molecule has 0 saturated heterocycles. The SMILES string of the molecule is CC1CC(C)CC(NS(=O)(=O)c2ccccc2F)C1. The first-order valence-electron chi connectivity index (χ1n) is 6.65. The lowest BCUT2D eigenvalue weighted by Gasteiger charge is -2.31. The van der Waals surface area contributed by atoms with Crippen LogP contribution in [0.2, 0.25) is 0 Å². The van der Waals surface area contributed by atoms with E-state index < -0.39 is 15.8 Å². The maximum absolute atomic E-state index is 13.6. The Morgan fingerprint density at radius 2 is 1.68 bits per heavy atom. The van der Waals surface area contributed by atoms with Gasteiger partial charge in [-0.2, -0.15) is 0 Å². The Kier molecular flexibility index (Phi) is 4.26. The van der Waals surface area contributed by atoms with Crippen LogP contribution in [0.5, 0.6) is 0 Å². The molecule has 2 rings (SSSR count). The standard InChI is InChI=1S/C14H20FNO2S/c1-10-7-11(2)9-12(8-10)16-19(17,18)14-6-4-3-5-13(14)15/h3-6,10-12,16H,7-9H2,1-2H3. The molecule has 0 spiro atoms. The Hall–Kier alpha value is -0.940. The van der Waals surface area contributed by atoms with Crippen molar-refractivity contribution in [3.05, 3.63) is 30.1 Å². The summed E-state index contributed by atoms with van der Waals surface area (Å²) in [5, 5.41) is 0. The second kappa shape index (κ2) is 5.59. The van der Waals surface area contributed by atoms with Gasteiger partial charge >= 0.3 is 0 Å². The minimum absolute atomic E-state index is 0.0941. The van der Waals surface area contributed by atoms with Gasteiger partial charge < -0.3 is 0 Å². The second-order valence-corrected chi connectivity index (χ2v) is 7.35. The zero-order chi connectivity index (χ0) is 14.0. The summed E-state index contributed by atoms with van der Waals surface area (Å²) in [5.74, 6) is 0.293. The van der Waals surface area contributed by atoms with Crippen molar-refractivity contribution >= 4 is 10.0 Å². The summed E-state index contributed by atoms with van der Waals surface area (Å²) in [6.45, 7) is 4.25. The van der Waals surface area contributed by atoms with Crippen molar-refractivity contribution in [1.29, 1.82) is 0 Å². The Morgan fingerprint density at radius 1 is 1.11 bits per heavy atom. The molecule has 0 heterocycles. The van der Waals surface area contributed by atoms with Gasteiger partial charge in [-0.3, -0.25) is 0 Å². The highest BCUT2D eigenvalue weighted by Crippen LogP contribution is 2.29. The minimum Gasteiger partial charge on any atom is -0.208 e. The third-order valence-corrected chi connectivity index (χ3v) is 5.18. The van der Waals surface area contributed by atoms with Crippen LogP contribution in [-0.4, -0.2) is 14.5 Å². The molecule has 1 saturated carbocycles. The zero-order valence-corrected chi connectivity index (χ0v) is 12.1. The molecule has 0 amide bonds. The van der Waals surface area contributed by atoms with Crippen LogP contribution in [0.1, 0.15) is 33.1 Å². The Morgan fingerprint density at radius 3 is 2.26 bits per heavy atom. The molecule has 0 bridgehead atoms. The fourth-order valence-corrected chi connectivity index (χ4v) is 4.33. The topological polar surface area (TPSA) is 46.2 Å². The van der Waals surface area contributed by atoms with Crippen LogP contribution in [-0.2, 0) is 10.0 Å². The number of rotatable bonds is 3. The molecule has 106 valence electrons. The molecule has 2 atom stereocenters. The van der Waals surface area contributed by atoms with E-state index in [9.17, 15) is 12.8 Å². The predicted octanol–water partition coefficient (Wildman–Crippen LogP) is 2.93. The van der Waals surface area contributed by atoms with Crippen molar-refractivity contribution in [2.45, 2.75) is 44.0 Å². The average molecular weight is 285 g/mol. The summed E-state index contributed by atoms with van der Waals surface area (Å²) < 4.78 is 40.6. The molecule has 19 heavy (non-hydrogen) atoms. The molecular weight excluding hydrogens is 265 g/mol. The second-order valence-electron chi connectivity index (χ2n) is 5.67. The average Bonchev–Trinajstić information content (AvgIpc) is 2.26. The first-order valence-corrected chi connectivity index (χ1v) is 8.13. The van der Waals surface area contributed by atoms with Crippen LogP contribution in [0.4, 0.5) is 4.39 Å². The summed E-state index contributed by atoms with van der Waals surface area (Å²) in [5.41, 5.74) is 0. The Balaban J connectivity index is 2.16. The number of sulfonamides is 1. The monoisotopic (exact) mass is 285 g/mol. The Bertz CT molecular complexity index is 534. The highest BCUT2D eigenvalue weighted by Gasteiger charge is 2.28. The van der Waals surface area contributed by atoms with Crippen molar-refractivity contribution in [1.82, 2.24) is 4.72 Å². The first kappa shape index (κ1) is 14.5. The van der Waals surface area contributed by atoms with Crippen LogP contribution >= 0.6 is 0 Å². The van der Waals surface area contributed by atoms with Crippen LogP contribution in [0, 0.1) is 17.7 Å². The summed E-state index contributed by atoms with van der Waals surface area (Å²) >= 11 is 0. The van der Waals surface area contributed by atoms with Crippen LogP contribution in [0.25, 0.3) is 0 Å². The Labute approximate surface area is 114 Å². The van der Waals surface area contributed by atoms with Crippen molar-refractivity contribution in [2.24, 2.45) is 11.8 Å². The maximum atomic E-state index is 13.6. The van der Waals surface area contributed by atoms with Gasteiger partial charge in [-0.1, -0.05) is 26.0 Å². The quantitative estimate of drug-likeness (QED) is 0.928. The van der Waals surface area contributed by atoms with Gasteiger partial charge in [0.25, 0.3) is 0 Å². The van der Waals surface area contributed by atoms with E-state index in [0.29, 0.717) is 11.8 Å². The number of halogens is 1. The van der Waals surface area contributed by atoms with E-state index in [4.69, 9.17) is 0 Å². The molecule has 2 unspecified atom stereocenters. The molecule has 1 aliphatic carbocycles. The smallest absolute Gasteiger partial charge is 0.208 e. The number of benzene rings is 1. The molecule has 3 nitrogen and oxygen atoms in total. The summed E-state index contributed by atoms with van der Waals surface area (Å²) in [6, 6.07) is 5.39. The van der Waals surface area contributed by atoms with E-state index in [2.05, 4.69) is 18.6 Å². The van der Waals surface area contributed by atoms with E-state index in [0.717, 1.165) is 19.3 Å². The summed E-state index contributed by atoms with van der Waals surface area (Å²) in [4.78, 5) is -0.263. The van der Waals surface area contributed by atoms with Gasteiger partial charge in [0.05, 0.1) is 0 Å². The molecule has 0 aromatic heterocycles. The van der Waals surface area contributed by atoms with Crippen molar-refractivity contribution in [3.8, 4) is 0 Å². The largest absolute Gasteiger partial charge is 0.243 e. The zero-order valence-electron chi connectivity index (χ0n) is 11.3. The van der Waals surface area contributed by atoms with Gasteiger partial charge in [0.15, 0.2) is 0 Å². The van der Waals surface area contributed by atoms with Crippen LogP contribution in [0.15, 0.2) is 29.2 Å². The fourth-order valence-electron chi connectivity index (χ4n) is 2.99. The van der Waals surface area contributed by atoms with E-state index >= 15 is 0 Å². The third kappa shape index (κ3) is 3.54. The van der Waals surface area contributed by atoms with E-state index in [1.807, 2.05) is 0 Å².